The van der Waals surface area contributed by atoms with E-state index < -0.39 is 5.60 Å². The van der Waals surface area contributed by atoms with Gasteiger partial charge >= 0.3 is 5.97 Å². The molecule has 0 fully saturated rings. The van der Waals surface area contributed by atoms with Crippen molar-refractivity contribution in [1.82, 2.24) is 14.9 Å². The molecule has 1 heterocycles. The molecule has 1 amide bonds. The quantitative estimate of drug-likeness (QED) is 0.114. The zero-order chi connectivity index (χ0) is 32.8. The molecule has 1 aromatic heterocycles. The van der Waals surface area contributed by atoms with Crippen molar-refractivity contribution < 1.29 is 14.3 Å². The number of carbonyl (C=O) groups is 2. The zero-order valence-corrected chi connectivity index (χ0v) is 28.2. The van der Waals surface area contributed by atoms with Crippen molar-refractivity contribution in [1.29, 1.82) is 0 Å². The van der Waals surface area contributed by atoms with Gasteiger partial charge in [0, 0.05) is 30.3 Å². The number of nitrogens with zero attached hydrogens (tertiary/aromatic N) is 2. The molecule has 1 N–H and O–H groups in total. The lowest BCUT2D eigenvalue weighted by Crippen LogP contribution is -2.37. The Labute approximate surface area is 277 Å². The number of hydrogen-bond donors (Lipinski definition) is 2. The Hall–Kier alpha value is -4.36. The Bertz CT molecular complexity index is 1820. The lowest BCUT2D eigenvalue weighted by molar-refractivity contribution is 0.00703. The highest BCUT2D eigenvalue weighted by Gasteiger charge is 2.21. The third-order valence-corrected chi connectivity index (χ3v) is 8.33. The topological polar surface area (TPSA) is 73.2 Å². The second-order valence-corrected chi connectivity index (χ2v) is 13.2. The first-order chi connectivity index (χ1) is 22.1. The lowest BCUT2D eigenvalue weighted by atomic mass is 9.98. The fourth-order valence-corrected chi connectivity index (χ4v) is 5.93. The smallest absolute Gasteiger partial charge is 0.339 e. The van der Waals surface area contributed by atoms with Crippen LogP contribution in [0.5, 0.6) is 0 Å². The standard InChI is InChI=1S/C39H43N3O3S/c1-6-12-35-41-36-26(2)21-30(37(43)40-31(25-46)22-27-13-8-7-9-14-27)23-34(36)42(35)24-28-17-19-29(20-18-28)32-15-10-11-16-33(32)38(44)45-39(3,4)5/h7-11,13-21,23,31,46H,6,12,22,24-25H2,1-5H3,(H,40,43). The minimum atomic E-state index is -0.576. The van der Waals surface area contributed by atoms with E-state index in [2.05, 4.69) is 53.7 Å². The highest BCUT2D eigenvalue weighted by molar-refractivity contribution is 7.80. The lowest BCUT2D eigenvalue weighted by Gasteiger charge is -2.20. The molecule has 0 aliphatic heterocycles. The molecular weight excluding hydrogens is 591 g/mol. The molecule has 6 nitrogen and oxygen atoms in total. The van der Waals surface area contributed by atoms with E-state index in [-0.39, 0.29) is 17.9 Å². The maximum atomic E-state index is 13.5. The van der Waals surface area contributed by atoms with Gasteiger partial charge in [-0.3, -0.25) is 4.79 Å². The maximum absolute atomic E-state index is 13.5. The first-order valence-electron chi connectivity index (χ1n) is 15.9. The second-order valence-electron chi connectivity index (χ2n) is 12.8. The molecule has 0 radical (unpaired) electrons. The fraction of sp³-hybridized carbons (Fsp3) is 0.308. The Kier molecular flexibility index (Phi) is 10.3. The largest absolute Gasteiger partial charge is 0.456 e. The van der Waals surface area contributed by atoms with Crippen molar-refractivity contribution in [2.75, 3.05) is 5.75 Å². The highest BCUT2D eigenvalue weighted by atomic mass is 32.1. The number of imidazole rings is 1. The van der Waals surface area contributed by atoms with Crippen LogP contribution in [0.3, 0.4) is 0 Å². The molecule has 5 aromatic rings. The van der Waals surface area contributed by atoms with Crippen molar-refractivity contribution in [2.45, 2.75) is 72.1 Å². The summed E-state index contributed by atoms with van der Waals surface area (Å²) >= 11 is 4.52. The normalized spacial score (nSPS) is 12.2. The minimum absolute atomic E-state index is 0.0891. The summed E-state index contributed by atoms with van der Waals surface area (Å²) in [6.07, 6.45) is 2.50. The van der Waals surface area contributed by atoms with Crippen LogP contribution in [0.15, 0.2) is 91.0 Å². The molecule has 0 saturated heterocycles. The summed E-state index contributed by atoms with van der Waals surface area (Å²) in [5, 5.41) is 3.19. The van der Waals surface area contributed by atoms with Crippen LogP contribution in [0.4, 0.5) is 0 Å². The van der Waals surface area contributed by atoms with Crippen LogP contribution in [0, 0.1) is 6.92 Å². The molecule has 0 saturated carbocycles. The average molecular weight is 634 g/mol. The number of rotatable bonds is 11. The molecular formula is C39H43N3O3S. The maximum Gasteiger partial charge on any atom is 0.339 e. The van der Waals surface area contributed by atoms with Crippen molar-refractivity contribution in [3.8, 4) is 11.1 Å². The summed E-state index contributed by atoms with van der Waals surface area (Å²) in [6, 6.07) is 29.8. The van der Waals surface area contributed by atoms with Gasteiger partial charge < -0.3 is 14.6 Å². The Morgan fingerprint density at radius 1 is 0.935 bits per heavy atom. The Balaban J connectivity index is 1.42. The predicted octanol–water partition coefficient (Wildman–Crippen LogP) is 8.24. The van der Waals surface area contributed by atoms with Gasteiger partial charge in [-0.25, -0.2) is 9.78 Å². The number of ether oxygens (including phenoxy) is 1. The third kappa shape index (κ3) is 7.88. The first-order valence-corrected chi connectivity index (χ1v) is 16.6. The van der Waals surface area contributed by atoms with Crippen LogP contribution in [-0.4, -0.2) is 38.8 Å². The average Bonchev–Trinajstić information content (AvgIpc) is 3.38. The van der Waals surface area contributed by atoms with Crippen molar-refractivity contribution in [3.63, 3.8) is 0 Å². The van der Waals surface area contributed by atoms with E-state index in [0.717, 1.165) is 57.5 Å². The van der Waals surface area contributed by atoms with E-state index in [4.69, 9.17) is 9.72 Å². The molecule has 5 rings (SSSR count). The number of hydrogen-bond acceptors (Lipinski definition) is 5. The number of aryl methyl sites for hydroxylation is 2. The van der Waals surface area contributed by atoms with Crippen LogP contribution in [-0.2, 0) is 24.1 Å². The molecule has 7 heteroatoms. The predicted molar refractivity (Wildman–Crippen MR) is 190 cm³/mol. The summed E-state index contributed by atoms with van der Waals surface area (Å²) in [4.78, 5) is 31.5. The van der Waals surface area contributed by atoms with E-state index in [1.165, 1.54) is 0 Å². The zero-order valence-electron chi connectivity index (χ0n) is 27.3. The van der Waals surface area contributed by atoms with Gasteiger partial charge in [-0.2, -0.15) is 12.6 Å². The number of esters is 1. The summed E-state index contributed by atoms with van der Waals surface area (Å²) in [7, 11) is 0. The van der Waals surface area contributed by atoms with E-state index in [1.807, 2.05) is 94.4 Å². The highest BCUT2D eigenvalue weighted by Crippen LogP contribution is 2.28. The molecule has 0 aliphatic carbocycles. The number of amides is 1. The number of benzene rings is 4. The van der Waals surface area contributed by atoms with E-state index in [9.17, 15) is 9.59 Å². The van der Waals surface area contributed by atoms with Gasteiger partial charge in [0.25, 0.3) is 5.91 Å². The minimum Gasteiger partial charge on any atom is -0.456 e. The number of carbonyl (C=O) groups excluding carboxylic acids is 2. The van der Waals surface area contributed by atoms with Crippen molar-refractivity contribution in [3.05, 3.63) is 125 Å². The van der Waals surface area contributed by atoms with Crippen LogP contribution in [0.1, 0.15) is 77.3 Å². The summed E-state index contributed by atoms with van der Waals surface area (Å²) in [6.45, 7) is 10.4. The van der Waals surface area contributed by atoms with Crippen molar-refractivity contribution in [2.24, 2.45) is 0 Å². The molecule has 1 atom stereocenters. The summed E-state index contributed by atoms with van der Waals surface area (Å²) in [5.74, 6) is 1.09. The Morgan fingerprint density at radius 3 is 2.30 bits per heavy atom. The van der Waals surface area contributed by atoms with Crippen LogP contribution < -0.4 is 5.32 Å². The van der Waals surface area contributed by atoms with Crippen LogP contribution in [0.25, 0.3) is 22.2 Å². The SMILES string of the molecule is CCCc1nc2c(C)cc(C(=O)NC(CS)Cc3ccccc3)cc2n1Cc1ccc(-c2ccccc2C(=O)OC(C)(C)C)cc1. The van der Waals surface area contributed by atoms with E-state index in [0.29, 0.717) is 29.8 Å². The van der Waals surface area contributed by atoms with Gasteiger partial charge in [-0.1, -0.05) is 79.7 Å². The second kappa shape index (κ2) is 14.4. The Morgan fingerprint density at radius 2 is 1.63 bits per heavy atom. The molecule has 0 spiro atoms. The van der Waals surface area contributed by atoms with Gasteiger partial charge in [-0.15, -0.1) is 0 Å². The molecule has 0 bridgehead atoms. The molecule has 238 valence electrons. The van der Waals surface area contributed by atoms with E-state index >= 15 is 0 Å². The first kappa shape index (κ1) is 33.0. The van der Waals surface area contributed by atoms with Gasteiger partial charge in [0.1, 0.15) is 11.4 Å². The summed E-state index contributed by atoms with van der Waals surface area (Å²) in [5.41, 5.74) is 7.45. The van der Waals surface area contributed by atoms with E-state index in [1.54, 1.807) is 0 Å². The van der Waals surface area contributed by atoms with Gasteiger partial charge in [0.2, 0.25) is 0 Å². The fourth-order valence-electron chi connectivity index (χ4n) is 5.71. The molecule has 0 aliphatic rings. The van der Waals surface area contributed by atoms with Gasteiger partial charge in [0.15, 0.2) is 0 Å². The number of thiol groups is 1. The monoisotopic (exact) mass is 633 g/mol. The van der Waals surface area contributed by atoms with Crippen LogP contribution >= 0.6 is 12.6 Å². The van der Waals surface area contributed by atoms with Crippen molar-refractivity contribution >= 4 is 35.5 Å². The van der Waals surface area contributed by atoms with Gasteiger partial charge in [-0.05, 0) is 86.6 Å². The third-order valence-electron chi connectivity index (χ3n) is 7.89. The van der Waals surface area contributed by atoms with Gasteiger partial charge in [0.05, 0.1) is 16.6 Å². The number of nitrogens with one attached hydrogen (secondary N) is 1. The molecule has 46 heavy (non-hydrogen) atoms. The van der Waals surface area contributed by atoms with Crippen LogP contribution in [0.2, 0.25) is 0 Å². The molecule has 4 aromatic carbocycles. The summed E-state index contributed by atoms with van der Waals surface area (Å²) < 4.78 is 7.89. The number of aromatic nitrogens is 2. The number of fused-ring (bicyclic) bond motifs is 1. The molecule has 1 unspecified atom stereocenters.